The summed E-state index contributed by atoms with van der Waals surface area (Å²) in [7, 11) is 1.59. The summed E-state index contributed by atoms with van der Waals surface area (Å²) in [5, 5.41) is 10.5. The lowest BCUT2D eigenvalue weighted by atomic mass is 10.3. The van der Waals surface area contributed by atoms with Crippen molar-refractivity contribution in [2.24, 2.45) is 5.10 Å². The number of nitrogens with one attached hydrogen (secondary N) is 1. The van der Waals surface area contributed by atoms with Gasteiger partial charge in [0.1, 0.15) is 0 Å². The molecule has 1 aromatic carbocycles. The average Bonchev–Trinajstić information content (AvgIpc) is 2.89. The number of anilines is 1. The van der Waals surface area contributed by atoms with Crippen LogP contribution in [-0.4, -0.2) is 24.3 Å². The predicted molar refractivity (Wildman–Crippen MR) is 80.1 cm³/mol. The lowest BCUT2D eigenvalue weighted by Crippen LogP contribution is -2.26. The zero-order chi connectivity index (χ0) is 13.7. The second-order valence-electron chi connectivity index (χ2n) is 3.72. The third-order valence-electron chi connectivity index (χ3n) is 2.27. The number of urea groups is 1. The van der Waals surface area contributed by atoms with Gasteiger partial charge in [0.15, 0.2) is 0 Å². The average molecular weight is 294 g/mol. The largest absolute Gasteiger partial charge is 0.341 e. The molecule has 0 aliphatic rings. The second-order valence-corrected chi connectivity index (χ2v) is 5.14. The first-order valence-corrected chi connectivity index (χ1v) is 6.78. The van der Waals surface area contributed by atoms with Crippen LogP contribution in [0.3, 0.4) is 0 Å². The summed E-state index contributed by atoms with van der Waals surface area (Å²) in [5.41, 5.74) is 0.635. The van der Waals surface area contributed by atoms with Crippen molar-refractivity contribution in [1.82, 2.24) is 5.01 Å². The minimum atomic E-state index is -0.324. The molecule has 0 aliphatic heterocycles. The number of hydrogen-bond donors (Lipinski definition) is 1. The van der Waals surface area contributed by atoms with Crippen molar-refractivity contribution < 1.29 is 4.79 Å². The highest BCUT2D eigenvalue weighted by molar-refractivity contribution is 7.11. The Morgan fingerprint density at radius 3 is 2.95 bits per heavy atom. The lowest BCUT2D eigenvalue weighted by Gasteiger charge is -2.12. The molecule has 0 saturated carbocycles. The molecule has 98 valence electrons. The van der Waals surface area contributed by atoms with Crippen molar-refractivity contribution in [1.29, 1.82) is 0 Å². The van der Waals surface area contributed by atoms with E-state index >= 15 is 0 Å². The first-order valence-electron chi connectivity index (χ1n) is 5.53. The molecule has 0 unspecified atom stereocenters. The summed E-state index contributed by atoms with van der Waals surface area (Å²) in [6, 6.07) is 10.5. The number of carbonyl (C=O) groups is 1. The number of hydrogen-bond acceptors (Lipinski definition) is 3. The van der Waals surface area contributed by atoms with Crippen molar-refractivity contribution in [3.63, 3.8) is 0 Å². The van der Waals surface area contributed by atoms with E-state index in [1.54, 1.807) is 48.9 Å². The standard InChI is InChI=1S/C13H12ClN3OS/c1-17(15-9-12-6-3-7-19-12)13(18)16-11-5-2-4-10(14)8-11/h2-9H,1H3,(H,16,18)/b15-9+. The van der Waals surface area contributed by atoms with Gasteiger partial charge in [0.2, 0.25) is 0 Å². The van der Waals surface area contributed by atoms with Gasteiger partial charge in [-0.25, -0.2) is 9.80 Å². The predicted octanol–water partition coefficient (Wildman–Crippen LogP) is 3.90. The van der Waals surface area contributed by atoms with Crippen molar-refractivity contribution >= 4 is 40.9 Å². The Balaban J connectivity index is 1.96. The maximum Gasteiger partial charge on any atom is 0.341 e. The number of rotatable bonds is 3. The Morgan fingerprint density at radius 2 is 2.26 bits per heavy atom. The smallest absolute Gasteiger partial charge is 0.306 e. The molecule has 0 saturated heterocycles. The third-order valence-corrected chi connectivity index (χ3v) is 3.31. The van der Waals surface area contributed by atoms with Crippen molar-refractivity contribution in [2.75, 3.05) is 12.4 Å². The van der Waals surface area contributed by atoms with Crippen molar-refractivity contribution in [3.8, 4) is 0 Å². The van der Waals surface area contributed by atoms with Gasteiger partial charge in [0, 0.05) is 22.6 Å². The summed E-state index contributed by atoms with van der Waals surface area (Å²) in [4.78, 5) is 12.8. The minimum absolute atomic E-state index is 0.324. The van der Waals surface area contributed by atoms with E-state index in [-0.39, 0.29) is 6.03 Å². The fourth-order valence-corrected chi connectivity index (χ4v) is 2.10. The lowest BCUT2D eigenvalue weighted by molar-refractivity contribution is 0.224. The molecule has 0 spiro atoms. The topological polar surface area (TPSA) is 44.7 Å². The Hall–Kier alpha value is -1.85. The zero-order valence-corrected chi connectivity index (χ0v) is 11.8. The summed E-state index contributed by atoms with van der Waals surface area (Å²) in [6.45, 7) is 0. The molecule has 1 N–H and O–H groups in total. The van der Waals surface area contributed by atoms with Gasteiger partial charge in [0.25, 0.3) is 0 Å². The van der Waals surface area contributed by atoms with E-state index in [0.29, 0.717) is 10.7 Å². The van der Waals surface area contributed by atoms with Crippen LogP contribution < -0.4 is 5.32 Å². The first-order chi connectivity index (χ1) is 9.15. The van der Waals surface area contributed by atoms with Gasteiger partial charge in [0.05, 0.1) is 6.21 Å². The Labute approximate surface area is 120 Å². The summed E-state index contributed by atoms with van der Waals surface area (Å²) in [6.07, 6.45) is 1.64. The number of hydrazone groups is 1. The Morgan fingerprint density at radius 1 is 1.42 bits per heavy atom. The van der Waals surface area contributed by atoms with E-state index in [4.69, 9.17) is 11.6 Å². The van der Waals surface area contributed by atoms with E-state index in [1.165, 1.54) is 5.01 Å². The van der Waals surface area contributed by atoms with Crippen LogP contribution in [0, 0.1) is 0 Å². The van der Waals surface area contributed by atoms with Crippen LogP contribution >= 0.6 is 22.9 Å². The summed E-state index contributed by atoms with van der Waals surface area (Å²) >= 11 is 7.40. The monoisotopic (exact) mass is 293 g/mol. The maximum absolute atomic E-state index is 11.8. The number of amides is 2. The van der Waals surface area contributed by atoms with Gasteiger partial charge in [-0.15, -0.1) is 11.3 Å². The fraction of sp³-hybridized carbons (Fsp3) is 0.0769. The molecular formula is C13H12ClN3OS. The van der Waals surface area contributed by atoms with E-state index in [1.807, 2.05) is 17.5 Å². The number of nitrogens with zero attached hydrogens (tertiary/aromatic N) is 2. The molecule has 0 bridgehead atoms. The Bertz CT molecular complexity index is 583. The molecule has 0 radical (unpaired) electrons. The molecule has 0 fully saturated rings. The minimum Gasteiger partial charge on any atom is -0.306 e. The molecule has 2 rings (SSSR count). The highest BCUT2D eigenvalue weighted by atomic mass is 35.5. The number of halogens is 1. The Kier molecular flexibility index (Phi) is 4.54. The van der Waals surface area contributed by atoms with Crippen LogP contribution in [0.2, 0.25) is 5.02 Å². The molecule has 1 aromatic heterocycles. The van der Waals surface area contributed by atoms with Crippen molar-refractivity contribution in [2.45, 2.75) is 0 Å². The van der Waals surface area contributed by atoms with Gasteiger partial charge >= 0.3 is 6.03 Å². The molecule has 0 atom stereocenters. The molecule has 0 aliphatic carbocycles. The first kappa shape index (κ1) is 13.6. The normalized spacial score (nSPS) is 10.6. The van der Waals surface area contributed by atoms with E-state index in [2.05, 4.69) is 10.4 Å². The van der Waals surface area contributed by atoms with Gasteiger partial charge < -0.3 is 5.32 Å². The van der Waals surface area contributed by atoms with Gasteiger partial charge in [-0.2, -0.15) is 5.10 Å². The highest BCUT2D eigenvalue weighted by Crippen LogP contribution is 2.15. The molecule has 1 heterocycles. The molecule has 2 aromatic rings. The second kappa shape index (κ2) is 6.36. The number of benzene rings is 1. The van der Waals surface area contributed by atoms with Gasteiger partial charge in [-0.05, 0) is 29.6 Å². The summed E-state index contributed by atoms with van der Waals surface area (Å²) in [5.74, 6) is 0. The van der Waals surface area contributed by atoms with Crippen LogP contribution in [0.15, 0.2) is 46.9 Å². The van der Waals surface area contributed by atoms with Crippen LogP contribution in [0.5, 0.6) is 0 Å². The quantitative estimate of drug-likeness (QED) is 0.677. The van der Waals surface area contributed by atoms with E-state index in [9.17, 15) is 4.79 Å². The van der Waals surface area contributed by atoms with Crippen LogP contribution in [-0.2, 0) is 0 Å². The van der Waals surface area contributed by atoms with E-state index in [0.717, 1.165) is 4.88 Å². The number of carbonyl (C=O) groups excluding carboxylic acids is 1. The fourth-order valence-electron chi connectivity index (χ4n) is 1.33. The SMILES string of the molecule is CN(/N=C/c1cccs1)C(=O)Nc1cccc(Cl)c1. The maximum atomic E-state index is 11.8. The molecule has 6 heteroatoms. The molecular weight excluding hydrogens is 282 g/mol. The number of thiophene rings is 1. The van der Waals surface area contributed by atoms with Crippen LogP contribution in [0.4, 0.5) is 10.5 Å². The summed E-state index contributed by atoms with van der Waals surface area (Å²) < 4.78 is 0. The van der Waals surface area contributed by atoms with Gasteiger partial charge in [-0.3, -0.25) is 0 Å². The zero-order valence-electron chi connectivity index (χ0n) is 10.2. The molecule has 2 amide bonds. The van der Waals surface area contributed by atoms with Crippen LogP contribution in [0.1, 0.15) is 4.88 Å². The van der Waals surface area contributed by atoms with E-state index < -0.39 is 0 Å². The van der Waals surface area contributed by atoms with Crippen molar-refractivity contribution in [3.05, 3.63) is 51.7 Å². The molecule has 19 heavy (non-hydrogen) atoms. The van der Waals surface area contributed by atoms with Gasteiger partial charge in [-0.1, -0.05) is 23.7 Å². The highest BCUT2D eigenvalue weighted by Gasteiger charge is 2.07. The van der Waals surface area contributed by atoms with Crippen LogP contribution in [0.25, 0.3) is 0 Å². The molecule has 4 nitrogen and oxygen atoms in total. The third kappa shape index (κ3) is 4.08.